The summed E-state index contributed by atoms with van der Waals surface area (Å²) in [6.07, 6.45) is 4.69. The Morgan fingerprint density at radius 1 is 1.41 bits per heavy atom. The highest BCUT2D eigenvalue weighted by Crippen LogP contribution is 2.04. The molecule has 1 amide bonds. The minimum Gasteiger partial charge on any atom is -0.359 e. The van der Waals surface area contributed by atoms with Gasteiger partial charge in [-0.2, -0.15) is 0 Å². The summed E-state index contributed by atoms with van der Waals surface area (Å²) in [5, 5.41) is 6.56. The Balaban J connectivity index is 2.05. The van der Waals surface area contributed by atoms with Crippen molar-refractivity contribution in [1.29, 1.82) is 0 Å². The molecule has 0 aliphatic carbocycles. The average Bonchev–Trinajstić information content (AvgIpc) is 2.72. The van der Waals surface area contributed by atoms with Crippen LogP contribution in [-0.4, -0.2) is 17.6 Å². The maximum Gasteiger partial charge on any atom is 0.220 e. The van der Waals surface area contributed by atoms with E-state index in [4.69, 9.17) is 10.3 Å². The summed E-state index contributed by atoms with van der Waals surface area (Å²) in [7, 11) is 0. The van der Waals surface area contributed by atoms with Gasteiger partial charge in [-0.1, -0.05) is 18.0 Å². The smallest absolute Gasteiger partial charge is 0.220 e. The molecule has 0 atom stereocenters. The van der Waals surface area contributed by atoms with Crippen LogP contribution in [0.25, 0.3) is 0 Å². The van der Waals surface area contributed by atoms with Gasteiger partial charge in [0.1, 0.15) is 0 Å². The van der Waals surface area contributed by atoms with Gasteiger partial charge in [0.05, 0.1) is 12.2 Å². The zero-order valence-corrected chi connectivity index (χ0v) is 10.4. The molecule has 0 saturated carbocycles. The van der Waals surface area contributed by atoms with E-state index < -0.39 is 0 Å². The van der Waals surface area contributed by atoms with E-state index in [2.05, 4.69) is 10.5 Å². The van der Waals surface area contributed by atoms with E-state index in [0.29, 0.717) is 18.7 Å². The Morgan fingerprint density at radius 3 is 2.82 bits per heavy atom. The molecule has 1 heterocycles. The van der Waals surface area contributed by atoms with Crippen molar-refractivity contribution in [1.82, 2.24) is 10.5 Å². The third-order valence-corrected chi connectivity index (χ3v) is 2.49. The molecule has 96 valence electrons. The van der Waals surface area contributed by atoms with Crippen LogP contribution in [0.3, 0.4) is 0 Å². The van der Waals surface area contributed by atoms with Gasteiger partial charge < -0.3 is 15.6 Å². The summed E-state index contributed by atoms with van der Waals surface area (Å²) in [4.78, 5) is 11.5. The molecule has 0 spiro atoms. The first-order chi connectivity index (χ1) is 8.22. The lowest BCUT2D eigenvalue weighted by atomic mass is 10.1. The molecule has 0 aliphatic rings. The maximum atomic E-state index is 11.5. The normalized spacial score (nSPS) is 10.5. The number of hydrogen-bond acceptors (Lipinski definition) is 4. The van der Waals surface area contributed by atoms with Gasteiger partial charge in [-0.3, -0.25) is 4.79 Å². The minimum absolute atomic E-state index is 0.0619. The van der Waals surface area contributed by atoms with Crippen molar-refractivity contribution in [3.8, 4) is 0 Å². The fourth-order valence-electron chi connectivity index (χ4n) is 1.56. The van der Waals surface area contributed by atoms with E-state index in [1.807, 2.05) is 13.0 Å². The number of aromatic nitrogens is 1. The summed E-state index contributed by atoms with van der Waals surface area (Å²) < 4.78 is 4.99. The fraction of sp³-hybridized carbons (Fsp3) is 0.667. The lowest BCUT2D eigenvalue weighted by Crippen LogP contribution is -2.22. The number of carbonyl (C=O) groups is 1. The molecule has 0 aromatic carbocycles. The van der Waals surface area contributed by atoms with Crippen LogP contribution in [0.4, 0.5) is 0 Å². The first-order valence-corrected chi connectivity index (χ1v) is 6.11. The molecule has 5 heteroatoms. The van der Waals surface area contributed by atoms with Crippen molar-refractivity contribution in [3.63, 3.8) is 0 Å². The Hall–Kier alpha value is -1.36. The van der Waals surface area contributed by atoms with Crippen molar-refractivity contribution >= 4 is 5.91 Å². The third kappa shape index (κ3) is 6.06. The summed E-state index contributed by atoms with van der Waals surface area (Å²) >= 11 is 0. The second kappa shape index (κ2) is 7.84. The second-order valence-electron chi connectivity index (χ2n) is 4.16. The minimum atomic E-state index is 0.0619. The Morgan fingerprint density at radius 2 is 2.18 bits per heavy atom. The molecule has 0 aliphatic heterocycles. The maximum absolute atomic E-state index is 11.5. The van der Waals surface area contributed by atoms with Gasteiger partial charge in [-0.15, -0.1) is 0 Å². The first kappa shape index (κ1) is 13.7. The lowest BCUT2D eigenvalue weighted by molar-refractivity contribution is -0.121. The van der Waals surface area contributed by atoms with Crippen molar-refractivity contribution in [2.75, 3.05) is 6.54 Å². The molecule has 1 aromatic rings. The summed E-state index contributed by atoms with van der Waals surface area (Å²) in [5.74, 6) is 0.755. The molecule has 0 bridgehead atoms. The number of unbranched alkanes of at least 4 members (excludes halogenated alkanes) is 3. The number of rotatable bonds is 8. The van der Waals surface area contributed by atoms with Crippen LogP contribution < -0.4 is 11.1 Å². The molecular formula is C12H21N3O2. The van der Waals surface area contributed by atoms with Gasteiger partial charge in [-0.25, -0.2) is 0 Å². The SMILES string of the molecule is Cc1cc(CNC(=O)CCCCCCN)on1. The first-order valence-electron chi connectivity index (χ1n) is 6.11. The zero-order valence-electron chi connectivity index (χ0n) is 10.4. The van der Waals surface area contributed by atoms with Crippen LogP contribution in [0.15, 0.2) is 10.6 Å². The van der Waals surface area contributed by atoms with Crippen molar-refractivity contribution in [2.45, 2.75) is 45.6 Å². The molecular weight excluding hydrogens is 218 g/mol. The molecule has 3 N–H and O–H groups in total. The molecule has 17 heavy (non-hydrogen) atoms. The monoisotopic (exact) mass is 239 g/mol. The highest BCUT2D eigenvalue weighted by atomic mass is 16.5. The lowest BCUT2D eigenvalue weighted by Gasteiger charge is -2.02. The van der Waals surface area contributed by atoms with Crippen LogP contribution >= 0.6 is 0 Å². The predicted molar refractivity (Wildman–Crippen MR) is 65.2 cm³/mol. The number of nitrogens with one attached hydrogen (secondary N) is 1. The van der Waals surface area contributed by atoms with Gasteiger partial charge >= 0.3 is 0 Å². The molecule has 0 fully saturated rings. The van der Waals surface area contributed by atoms with Crippen molar-refractivity contribution in [2.24, 2.45) is 5.73 Å². The van der Waals surface area contributed by atoms with E-state index in [9.17, 15) is 4.79 Å². The van der Waals surface area contributed by atoms with Gasteiger partial charge in [0.2, 0.25) is 5.91 Å². The van der Waals surface area contributed by atoms with Gasteiger partial charge in [-0.05, 0) is 26.3 Å². The largest absolute Gasteiger partial charge is 0.359 e. The Kier molecular flexibility index (Phi) is 6.32. The number of carbonyl (C=O) groups excluding carboxylic acids is 1. The fourth-order valence-corrected chi connectivity index (χ4v) is 1.56. The van der Waals surface area contributed by atoms with E-state index in [-0.39, 0.29) is 5.91 Å². The summed E-state index contributed by atoms with van der Waals surface area (Å²) in [6.45, 7) is 3.01. The highest BCUT2D eigenvalue weighted by molar-refractivity contribution is 5.75. The molecule has 1 rings (SSSR count). The zero-order chi connectivity index (χ0) is 12.5. The standard InChI is InChI=1S/C12H21N3O2/c1-10-8-11(17-15-10)9-14-12(16)6-4-2-3-5-7-13/h8H,2-7,9,13H2,1H3,(H,14,16). The highest BCUT2D eigenvalue weighted by Gasteiger charge is 2.04. The summed E-state index contributed by atoms with van der Waals surface area (Å²) in [5.41, 5.74) is 6.22. The second-order valence-corrected chi connectivity index (χ2v) is 4.16. The Bertz CT molecular complexity index is 336. The number of hydrogen-bond donors (Lipinski definition) is 2. The number of aryl methyl sites for hydroxylation is 1. The van der Waals surface area contributed by atoms with E-state index in [0.717, 1.165) is 37.9 Å². The van der Waals surface area contributed by atoms with Crippen LogP contribution in [0.2, 0.25) is 0 Å². The van der Waals surface area contributed by atoms with Crippen LogP contribution in [0.1, 0.15) is 43.6 Å². The van der Waals surface area contributed by atoms with Crippen LogP contribution in [0.5, 0.6) is 0 Å². The molecule has 0 unspecified atom stereocenters. The number of nitrogens with zero attached hydrogens (tertiary/aromatic N) is 1. The molecule has 0 radical (unpaired) electrons. The van der Waals surface area contributed by atoms with Crippen LogP contribution in [-0.2, 0) is 11.3 Å². The summed E-state index contributed by atoms with van der Waals surface area (Å²) in [6, 6.07) is 1.82. The Labute approximate surface area is 102 Å². The van der Waals surface area contributed by atoms with Gasteiger partial charge in [0.15, 0.2) is 5.76 Å². The molecule has 5 nitrogen and oxygen atoms in total. The molecule has 0 saturated heterocycles. The van der Waals surface area contributed by atoms with Gasteiger partial charge in [0.25, 0.3) is 0 Å². The topological polar surface area (TPSA) is 81.2 Å². The van der Waals surface area contributed by atoms with Gasteiger partial charge in [0, 0.05) is 12.5 Å². The third-order valence-electron chi connectivity index (χ3n) is 2.49. The van der Waals surface area contributed by atoms with E-state index in [1.54, 1.807) is 0 Å². The molecule has 1 aromatic heterocycles. The van der Waals surface area contributed by atoms with Crippen molar-refractivity contribution < 1.29 is 9.32 Å². The van der Waals surface area contributed by atoms with Crippen molar-refractivity contribution in [3.05, 3.63) is 17.5 Å². The number of amides is 1. The van der Waals surface area contributed by atoms with Crippen LogP contribution in [0, 0.1) is 6.92 Å². The quantitative estimate of drug-likeness (QED) is 0.674. The average molecular weight is 239 g/mol. The van der Waals surface area contributed by atoms with E-state index in [1.165, 1.54) is 0 Å². The number of nitrogens with two attached hydrogens (primary N) is 1. The predicted octanol–water partition coefficient (Wildman–Crippen LogP) is 1.51. The van der Waals surface area contributed by atoms with E-state index >= 15 is 0 Å².